The molecule has 1 aromatic carbocycles. The minimum Gasteiger partial charge on any atom is -0.497 e. The molecule has 0 aliphatic carbocycles. The first-order valence-corrected chi connectivity index (χ1v) is 8.99. The highest BCUT2D eigenvalue weighted by atomic mass is 16.5. The molecule has 2 aliphatic rings. The first kappa shape index (κ1) is 17.2. The maximum atomic E-state index is 12.7. The Morgan fingerprint density at radius 2 is 2.08 bits per heavy atom. The molecule has 1 aromatic rings. The van der Waals surface area contributed by atoms with Crippen molar-refractivity contribution in [1.29, 1.82) is 0 Å². The molecule has 1 atom stereocenters. The van der Waals surface area contributed by atoms with Gasteiger partial charge in [-0.05, 0) is 50.0 Å². The summed E-state index contributed by atoms with van der Waals surface area (Å²) in [4.78, 5) is 17.2. The monoisotopic (exact) mass is 332 g/mol. The number of nitrogens with zero attached hydrogens (tertiary/aromatic N) is 2. The van der Waals surface area contributed by atoms with Crippen LogP contribution in [0.1, 0.15) is 24.8 Å². The van der Waals surface area contributed by atoms with Gasteiger partial charge >= 0.3 is 0 Å². The number of ether oxygens (including phenoxy) is 2. The van der Waals surface area contributed by atoms with Crippen molar-refractivity contribution >= 4 is 5.91 Å². The topological polar surface area (TPSA) is 42.0 Å². The summed E-state index contributed by atoms with van der Waals surface area (Å²) in [5.41, 5.74) is 1.00. The van der Waals surface area contributed by atoms with Crippen LogP contribution in [0.4, 0.5) is 0 Å². The third-order valence-electron chi connectivity index (χ3n) is 4.85. The molecule has 2 fully saturated rings. The number of rotatable bonds is 5. The number of carbonyl (C=O) groups is 1. The van der Waals surface area contributed by atoms with Gasteiger partial charge < -0.3 is 19.3 Å². The Morgan fingerprint density at radius 1 is 1.25 bits per heavy atom. The van der Waals surface area contributed by atoms with E-state index in [1.807, 2.05) is 29.2 Å². The Hall–Kier alpha value is -1.59. The largest absolute Gasteiger partial charge is 0.497 e. The molecule has 0 aromatic heterocycles. The highest BCUT2D eigenvalue weighted by molar-refractivity contribution is 5.79. The first-order chi connectivity index (χ1) is 11.7. The molecule has 0 N–H and O–H groups in total. The number of hydrogen-bond acceptors (Lipinski definition) is 4. The van der Waals surface area contributed by atoms with E-state index in [2.05, 4.69) is 4.90 Å². The number of methoxy groups -OCH3 is 1. The first-order valence-electron chi connectivity index (χ1n) is 8.99. The van der Waals surface area contributed by atoms with Crippen LogP contribution in [-0.4, -0.2) is 68.3 Å². The van der Waals surface area contributed by atoms with Gasteiger partial charge in [0.1, 0.15) is 5.75 Å². The molecule has 0 bridgehead atoms. The van der Waals surface area contributed by atoms with Gasteiger partial charge in [0.05, 0.1) is 19.6 Å². The number of carbonyl (C=O) groups excluding carboxylic acids is 1. The van der Waals surface area contributed by atoms with Gasteiger partial charge in [0.2, 0.25) is 5.91 Å². The van der Waals surface area contributed by atoms with E-state index in [1.165, 1.54) is 12.8 Å². The van der Waals surface area contributed by atoms with Gasteiger partial charge in [0.25, 0.3) is 0 Å². The summed E-state index contributed by atoms with van der Waals surface area (Å²) in [5.74, 6) is 0.978. The molecule has 0 spiro atoms. The molecule has 0 unspecified atom stereocenters. The SMILES string of the molecule is COc1cccc(CC(=O)N2CCCO[C@H](CN3CCCC3)C2)c1. The van der Waals surface area contributed by atoms with Crippen molar-refractivity contribution in [3.8, 4) is 5.75 Å². The van der Waals surface area contributed by atoms with Crippen LogP contribution >= 0.6 is 0 Å². The molecule has 2 heterocycles. The van der Waals surface area contributed by atoms with Crippen molar-refractivity contribution in [1.82, 2.24) is 9.80 Å². The van der Waals surface area contributed by atoms with Crippen LogP contribution in [0.2, 0.25) is 0 Å². The van der Waals surface area contributed by atoms with E-state index in [4.69, 9.17) is 9.47 Å². The normalized spacial score (nSPS) is 22.4. The molecule has 132 valence electrons. The zero-order valence-corrected chi connectivity index (χ0v) is 14.6. The Bertz CT molecular complexity index is 543. The van der Waals surface area contributed by atoms with E-state index < -0.39 is 0 Å². The number of amides is 1. The molecular formula is C19H28N2O3. The molecule has 2 aliphatic heterocycles. The molecule has 2 saturated heterocycles. The number of benzene rings is 1. The van der Waals surface area contributed by atoms with E-state index in [0.717, 1.165) is 50.5 Å². The molecule has 5 nitrogen and oxygen atoms in total. The lowest BCUT2D eigenvalue weighted by molar-refractivity contribution is -0.131. The Kier molecular flexibility index (Phi) is 6.10. The third kappa shape index (κ3) is 4.71. The second-order valence-corrected chi connectivity index (χ2v) is 6.72. The van der Waals surface area contributed by atoms with Crippen molar-refractivity contribution in [3.05, 3.63) is 29.8 Å². The summed E-state index contributed by atoms with van der Waals surface area (Å²) in [5, 5.41) is 0. The van der Waals surface area contributed by atoms with E-state index in [0.29, 0.717) is 13.0 Å². The molecule has 24 heavy (non-hydrogen) atoms. The lowest BCUT2D eigenvalue weighted by atomic mass is 10.1. The predicted molar refractivity (Wildman–Crippen MR) is 93.3 cm³/mol. The fourth-order valence-corrected chi connectivity index (χ4v) is 3.55. The fraction of sp³-hybridized carbons (Fsp3) is 0.632. The summed E-state index contributed by atoms with van der Waals surface area (Å²) in [7, 11) is 1.65. The van der Waals surface area contributed by atoms with E-state index in [9.17, 15) is 4.79 Å². The zero-order chi connectivity index (χ0) is 16.8. The molecule has 0 saturated carbocycles. The summed E-state index contributed by atoms with van der Waals surface area (Å²) >= 11 is 0. The molecule has 0 radical (unpaired) electrons. The maximum absolute atomic E-state index is 12.7. The smallest absolute Gasteiger partial charge is 0.227 e. The minimum absolute atomic E-state index is 0.139. The second kappa shape index (κ2) is 8.49. The minimum atomic E-state index is 0.139. The standard InChI is InChI=1S/C19H28N2O3/c1-23-17-7-4-6-16(12-17)13-19(22)21-10-5-11-24-18(15-21)14-20-8-2-3-9-20/h4,6-7,12,18H,2-3,5,8-11,13-15H2,1H3/t18-/m1/s1. The summed E-state index contributed by atoms with van der Waals surface area (Å²) in [6, 6.07) is 7.76. The van der Waals surface area contributed by atoms with Crippen molar-refractivity contribution < 1.29 is 14.3 Å². The van der Waals surface area contributed by atoms with Gasteiger partial charge in [-0.15, -0.1) is 0 Å². The predicted octanol–water partition coefficient (Wildman–Crippen LogP) is 1.95. The molecule has 5 heteroatoms. The van der Waals surface area contributed by atoms with Gasteiger partial charge in [-0.1, -0.05) is 12.1 Å². The third-order valence-corrected chi connectivity index (χ3v) is 4.85. The Morgan fingerprint density at radius 3 is 2.88 bits per heavy atom. The zero-order valence-electron chi connectivity index (χ0n) is 14.6. The fourth-order valence-electron chi connectivity index (χ4n) is 3.55. The highest BCUT2D eigenvalue weighted by Crippen LogP contribution is 2.16. The molecule has 1 amide bonds. The highest BCUT2D eigenvalue weighted by Gasteiger charge is 2.25. The quantitative estimate of drug-likeness (QED) is 0.826. The molecular weight excluding hydrogens is 304 g/mol. The van der Waals surface area contributed by atoms with Crippen LogP contribution in [-0.2, 0) is 16.0 Å². The van der Waals surface area contributed by atoms with Gasteiger partial charge in [-0.25, -0.2) is 0 Å². The van der Waals surface area contributed by atoms with Gasteiger partial charge in [0, 0.05) is 26.2 Å². The molecule has 3 rings (SSSR count). The van der Waals surface area contributed by atoms with E-state index in [-0.39, 0.29) is 12.0 Å². The lowest BCUT2D eigenvalue weighted by Gasteiger charge is -2.27. The number of hydrogen-bond donors (Lipinski definition) is 0. The van der Waals surface area contributed by atoms with E-state index >= 15 is 0 Å². The average molecular weight is 332 g/mol. The van der Waals surface area contributed by atoms with Crippen molar-refractivity contribution in [2.45, 2.75) is 31.8 Å². The lowest BCUT2D eigenvalue weighted by Crippen LogP contribution is -2.42. The van der Waals surface area contributed by atoms with Crippen LogP contribution in [0.5, 0.6) is 5.75 Å². The Labute approximate surface area is 144 Å². The van der Waals surface area contributed by atoms with Gasteiger partial charge in [-0.2, -0.15) is 0 Å². The van der Waals surface area contributed by atoms with Crippen molar-refractivity contribution in [3.63, 3.8) is 0 Å². The van der Waals surface area contributed by atoms with Gasteiger partial charge in [0.15, 0.2) is 0 Å². The van der Waals surface area contributed by atoms with Crippen LogP contribution in [0, 0.1) is 0 Å². The summed E-state index contributed by atoms with van der Waals surface area (Å²) in [6.07, 6.45) is 4.05. The van der Waals surface area contributed by atoms with Gasteiger partial charge in [-0.3, -0.25) is 4.79 Å². The summed E-state index contributed by atoms with van der Waals surface area (Å²) in [6.45, 7) is 5.53. The van der Waals surface area contributed by atoms with Crippen LogP contribution in [0.25, 0.3) is 0 Å². The van der Waals surface area contributed by atoms with Crippen LogP contribution < -0.4 is 4.74 Å². The number of likely N-dealkylation sites (tertiary alicyclic amines) is 1. The van der Waals surface area contributed by atoms with Crippen LogP contribution in [0.15, 0.2) is 24.3 Å². The average Bonchev–Trinajstić information content (AvgIpc) is 2.99. The van der Waals surface area contributed by atoms with Crippen LogP contribution in [0.3, 0.4) is 0 Å². The second-order valence-electron chi connectivity index (χ2n) is 6.72. The maximum Gasteiger partial charge on any atom is 0.227 e. The van der Waals surface area contributed by atoms with E-state index in [1.54, 1.807) is 7.11 Å². The van der Waals surface area contributed by atoms with Crippen molar-refractivity contribution in [2.75, 3.05) is 46.4 Å². The summed E-state index contributed by atoms with van der Waals surface area (Å²) < 4.78 is 11.2. The van der Waals surface area contributed by atoms with Crippen molar-refractivity contribution in [2.24, 2.45) is 0 Å². The Balaban J connectivity index is 1.57.